The fourth-order valence-corrected chi connectivity index (χ4v) is 4.78. The SMILES string of the molecule is CN(C)Cc1ccc(N/C(=C2\C(=O)Nc3ccc(C(=O)N(C)Cc4ccccc4)cc32)c2ccccc2)cc1. The van der Waals surface area contributed by atoms with Crippen LogP contribution in [-0.4, -0.2) is 42.8 Å². The molecule has 0 radical (unpaired) electrons. The highest BCUT2D eigenvalue weighted by atomic mass is 16.2. The van der Waals surface area contributed by atoms with Gasteiger partial charge in [0.15, 0.2) is 0 Å². The van der Waals surface area contributed by atoms with Gasteiger partial charge >= 0.3 is 0 Å². The molecule has 2 N–H and O–H groups in total. The van der Waals surface area contributed by atoms with E-state index in [1.165, 1.54) is 5.56 Å². The van der Waals surface area contributed by atoms with Crippen molar-refractivity contribution in [3.63, 3.8) is 0 Å². The molecule has 0 unspecified atom stereocenters. The van der Waals surface area contributed by atoms with Crippen LogP contribution in [0.3, 0.4) is 0 Å². The third kappa shape index (κ3) is 5.92. The van der Waals surface area contributed by atoms with Gasteiger partial charge in [-0.3, -0.25) is 9.59 Å². The van der Waals surface area contributed by atoms with E-state index in [0.717, 1.165) is 23.4 Å². The first-order chi connectivity index (χ1) is 18.9. The monoisotopic (exact) mass is 516 g/mol. The van der Waals surface area contributed by atoms with Crippen molar-refractivity contribution in [1.29, 1.82) is 0 Å². The van der Waals surface area contributed by atoms with E-state index in [9.17, 15) is 9.59 Å². The van der Waals surface area contributed by atoms with Crippen molar-refractivity contribution in [2.24, 2.45) is 0 Å². The molecule has 39 heavy (non-hydrogen) atoms. The van der Waals surface area contributed by atoms with Crippen LogP contribution in [0.4, 0.5) is 11.4 Å². The Balaban J connectivity index is 1.52. The number of anilines is 2. The molecule has 6 heteroatoms. The predicted octanol–water partition coefficient (Wildman–Crippen LogP) is 5.95. The van der Waals surface area contributed by atoms with Crippen LogP contribution in [0, 0.1) is 0 Å². The quantitative estimate of drug-likeness (QED) is 0.284. The van der Waals surface area contributed by atoms with Crippen LogP contribution in [-0.2, 0) is 17.9 Å². The standard InChI is InChI=1S/C33H32N4O2/c1-36(2)21-24-14-17-27(18-15-24)34-31(25-12-8-5-9-13-25)30-28-20-26(16-19-29(28)35-32(30)38)33(39)37(3)22-23-10-6-4-7-11-23/h4-20,34H,21-22H2,1-3H3,(H,35,38)/b31-30-. The maximum atomic E-state index is 13.4. The van der Waals surface area contributed by atoms with E-state index in [1.54, 1.807) is 18.0 Å². The van der Waals surface area contributed by atoms with E-state index in [4.69, 9.17) is 0 Å². The molecule has 0 fully saturated rings. The van der Waals surface area contributed by atoms with Gasteiger partial charge in [-0.05, 0) is 61.1 Å². The molecule has 0 spiro atoms. The number of nitrogens with zero attached hydrogens (tertiary/aromatic N) is 2. The first kappa shape index (κ1) is 25.9. The number of amides is 2. The Morgan fingerprint density at radius 1 is 0.744 bits per heavy atom. The normalized spacial score (nSPS) is 13.6. The molecular weight excluding hydrogens is 484 g/mol. The highest BCUT2D eigenvalue weighted by Crippen LogP contribution is 2.38. The molecule has 0 aliphatic carbocycles. The molecular formula is C33H32N4O2. The summed E-state index contributed by atoms with van der Waals surface area (Å²) in [6, 6.07) is 33.3. The average molecular weight is 517 g/mol. The first-order valence-electron chi connectivity index (χ1n) is 12.9. The number of hydrogen-bond acceptors (Lipinski definition) is 4. The van der Waals surface area contributed by atoms with Gasteiger partial charge in [-0.25, -0.2) is 0 Å². The van der Waals surface area contributed by atoms with E-state index in [1.807, 2.05) is 99.0 Å². The highest BCUT2D eigenvalue weighted by molar-refractivity contribution is 6.37. The van der Waals surface area contributed by atoms with Crippen molar-refractivity contribution in [2.75, 3.05) is 31.8 Å². The molecule has 2 amide bonds. The lowest BCUT2D eigenvalue weighted by atomic mass is 9.98. The zero-order valence-corrected chi connectivity index (χ0v) is 22.4. The van der Waals surface area contributed by atoms with Crippen LogP contribution in [0.25, 0.3) is 11.3 Å². The topological polar surface area (TPSA) is 64.7 Å². The lowest BCUT2D eigenvalue weighted by Gasteiger charge is -2.18. The van der Waals surface area contributed by atoms with Crippen molar-refractivity contribution in [2.45, 2.75) is 13.1 Å². The Labute approximate surface area is 229 Å². The number of fused-ring (bicyclic) bond motifs is 1. The van der Waals surface area contributed by atoms with E-state index in [2.05, 4.69) is 27.7 Å². The van der Waals surface area contributed by atoms with Gasteiger partial charge in [0.05, 0.1) is 11.3 Å². The molecule has 0 atom stereocenters. The molecule has 0 saturated heterocycles. The van der Waals surface area contributed by atoms with Gasteiger partial charge < -0.3 is 20.4 Å². The maximum Gasteiger partial charge on any atom is 0.258 e. The summed E-state index contributed by atoms with van der Waals surface area (Å²) in [7, 11) is 5.87. The van der Waals surface area contributed by atoms with Gasteiger partial charge in [-0.1, -0.05) is 72.8 Å². The molecule has 4 aromatic carbocycles. The lowest BCUT2D eigenvalue weighted by molar-refractivity contribution is -0.110. The molecule has 1 aliphatic rings. The van der Waals surface area contributed by atoms with Gasteiger partial charge in [-0.15, -0.1) is 0 Å². The number of carbonyl (C=O) groups is 2. The third-order valence-corrected chi connectivity index (χ3v) is 6.65. The van der Waals surface area contributed by atoms with Crippen LogP contribution in [0.1, 0.15) is 32.6 Å². The maximum absolute atomic E-state index is 13.4. The number of rotatable bonds is 8. The number of benzene rings is 4. The minimum atomic E-state index is -0.206. The predicted molar refractivity (Wildman–Crippen MR) is 158 cm³/mol. The summed E-state index contributed by atoms with van der Waals surface area (Å²) in [5, 5.41) is 6.49. The molecule has 6 nitrogen and oxygen atoms in total. The Morgan fingerprint density at radius 2 is 1.38 bits per heavy atom. The second-order valence-corrected chi connectivity index (χ2v) is 10.0. The Bertz CT molecular complexity index is 1510. The fraction of sp³-hybridized carbons (Fsp3) is 0.152. The minimum Gasteiger partial charge on any atom is -0.354 e. The summed E-state index contributed by atoms with van der Waals surface area (Å²) in [5.74, 6) is -0.311. The average Bonchev–Trinajstić information content (AvgIpc) is 3.27. The Kier molecular flexibility index (Phi) is 7.57. The second kappa shape index (κ2) is 11.4. The summed E-state index contributed by atoms with van der Waals surface area (Å²) in [6.45, 7) is 1.34. The van der Waals surface area contributed by atoms with Crippen LogP contribution >= 0.6 is 0 Å². The van der Waals surface area contributed by atoms with Crippen LogP contribution in [0.2, 0.25) is 0 Å². The van der Waals surface area contributed by atoms with Gasteiger partial charge in [0.25, 0.3) is 11.8 Å². The van der Waals surface area contributed by atoms with E-state index in [0.29, 0.717) is 34.6 Å². The van der Waals surface area contributed by atoms with E-state index in [-0.39, 0.29) is 11.8 Å². The van der Waals surface area contributed by atoms with Gasteiger partial charge in [-0.2, -0.15) is 0 Å². The van der Waals surface area contributed by atoms with Crippen LogP contribution < -0.4 is 10.6 Å². The van der Waals surface area contributed by atoms with Gasteiger partial charge in [0, 0.05) is 42.6 Å². The van der Waals surface area contributed by atoms with Gasteiger partial charge in [0.2, 0.25) is 0 Å². The van der Waals surface area contributed by atoms with Crippen LogP contribution in [0.15, 0.2) is 103 Å². The van der Waals surface area contributed by atoms with Crippen molar-refractivity contribution < 1.29 is 9.59 Å². The second-order valence-electron chi connectivity index (χ2n) is 10.0. The number of nitrogens with one attached hydrogen (secondary N) is 2. The first-order valence-corrected chi connectivity index (χ1v) is 12.9. The van der Waals surface area contributed by atoms with Crippen molar-refractivity contribution >= 4 is 34.5 Å². The molecule has 0 aromatic heterocycles. The summed E-state index contributed by atoms with van der Waals surface area (Å²) in [4.78, 5) is 30.5. The number of carbonyl (C=O) groups excluding carboxylic acids is 2. The summed E-state index contributed by atoms with van der Waals surface area (Å²) < 4.78 is 0. The van der Waals surface area contributed by atoms with Crippen LogP contribution in [0.5, 0.6) is 0 Å². The molecule has 4 aromatic rings. The highest BCUT2D eigenvalue weighted by Gasteiger charge is 2.30. The molecule has 1 aliphatic heterocycles. The summed E-state index contributed by atoms with van der Waals surface area (Å²) in [5.41, 5.74) is 7.13. The molecule has 0 saturated carbocycles. The largest absolute Gasteiger partial charge is 0.354 e. The van der Waals surface area contributed by atoms with Gasteiger partial charge in [0.1, 0.15) is 0 Å². The molecule has 5 rings (SSSR count). The zero-order valence-electron chi connectivity index (χ0n) is 22.4. The minimum absolute atomic E-state index is 0.106. The molecule has 0 bridgehead atoms. The van der Waals surface area contributed by atoms with E-state index >= 15 is 0 Å². The third-order valence-electron chi connectivity index (χ3n) is 6.65. The smallest absolute Gasteiger partial charge is 0.258 e. The van der Waals surface area contributed by atoms with Crippen molar-refractivity contribution in [3.8, 4) is 0 Å². The zero-order chi connectivity index (χ0) is 27.4. The Hall–Kier alpha value is -4.68. The van der Waals surface area contributed by atoms with Crippen molar-refractivity contribution in [1.82, 2.24) is 9.80 Å². The van der Waals surface area contributed by atoms with E-state index < -0.39 is 0 Å². The molecule has 196 valence electrons. The molecule has 1 heterocycles. The summed E-state index contributed by atoms with van der Waals surface area (Å²) in [6.07, 6.45) is 0. The fourth-order valence-electron chi connectivity index (χ4n) is 4.78. The van der Waals surface area contributed by atoms with Crippen molar-refractivity contribution in [3.05, 3.63) is 131 Å². The number of hydrogen-bond donors (Lipinski definition) is 2. The summed E-state index contributed by atoms with van der Waals surface area (Å²) >= 11 is 0. The Morgan fingerprint density at radius 3 is 2.05 bits per heavy atom. The lowest BCUT2D eigenvalue weighted by Crippen LogP contribution is -2.26.